The topological polar surface area (TPSA) is 41.1 Å². The fraction of sp³-hybridized carbons (Fsp3) is 0.190. The molecule has 0 heterocycles. The first-order valence-corrected chi connectivity index (χ1v) is 8.21. The van der Waals surface area contributed by atoms with E-state index in [-0.39, 0.29) is 11.9 Å². The third-order valence-corrected chi connectivity index (χ3v) is 4.18. The molecule has 0 aromatic heterocycles. The van der Waals surface area contributed by atoms with Gasteiger partial charge in [-0.1, -0.05) is 54.6 Å². The van der Waals surface area contributed by atoms with Crippen molar-refractivity contribution < 1.29 is 4.79 Å². The number of carbonyl (C=O) groups is 1. The number of hydrogen-bond acceptors (Lipinski definition) is 2. The number of anilines is 1. The van der Waals surface area contributed by atoms with Crippen LogP contribution in [0.1, 0.15) is 31.0 Å². The van der Waals surface area contributed by atoms with Crippen LogP contribution in [0.15, 0.2) is 66.7 Å². The summed E-state index contributed by atoms with van der Waals surface area (Å²) < 4.78 is 0. The molecule has 0 spiro atoms. The van der Waals surface area contributed by atoms with Gasteiger partial charge in [-0.15, -0.1) is 0 Å². The van der Waals surface area contributed by atoms with Crippen LogP contribution in [0, 0.1) is 0 Å². The molecule has 0 bridgehead atoms. The Labute approximate surface area is 142 Å². The van der Waals surface area contributed by atoms with E-state index in [4.69, 9.17) is 0 Å². The molecule has 3 aromatic rings. The second kappa shape index (κ2) is 7.28. The molecular weight excluding hydrogens is 296 g/mol. The minimum Gasteiger partial charge on any atom is -0.326 e. The van der Waals surface area contributed by atoms with Crippen LogP contribution >= 0.6 is 0 Å². The summed E-state index contributed by atoms with van der Waals surface area (Å²) in [5, 5.41) is 8.92. The lowest BCUT2D eigenvalue weighted by Crippen LogP contribution is -2.18. The molecule has 1 atom stereocenters. The Morgan fingerprint density at radius 2 is 1.67 bits per heavy atom. The zero-order valence-corrected chi connectivity index (χ0v) is 14.0. The number of nitrogens with one attached hydrogen (secondary N) is 2. The van der Waals surface area contributed by atoms with E-state index >= 15 is 0 Å². The highest BCUT2D eigenvalue weighted by Crippen LogP contribution is 2.24. The van der Waals surface area contributed by atoms with Crippen LogP contribution in [0.4, 0.5) is 5.69 Å². The molecule has 122 valence electrons. The normalized spacial score (nSPS) is 12.1. The van der Waals surface area contributed by atoms with Crippen molar-refractivity contribution in [1.29, 1.82) is 0 Å². The van der Waals surface area contributed by atoms with E-state index in [0.29, 0.717) is 0 Å². The zero-order valence-electron chi connectivity index (χ0n) is 14.0. The Bertz CT molecular complexity index is 835. The van der Waals surface area contributed by atoms with Crippen LogP contribution < -0.4 is 10.6 Å². The van der Waals surface area contributed by atoms with Crippen LogP contribution in [0.3, 0.4) is 0 Å². The maximum Gasteiger partial charge on any atom is 0.221 e. The van der Waals surface area contributed by atoms with Crippen molar-refractivity contribution in [3.05, 3.63) is 77.9 Å². The average Bonchev–Trinajstić information content (AvgIpc) is 2.60. The second-order valence-corrected chi connectivity index (χ2v) is 6.05. The van der Waals surface area contributed by atoms with Crippen molar-refractivity contribution in [2.75, 3.05) is 5.32 Å². The lowest BCUT2D eigenvalue weighted by molar-refractivity contribution is -0.114. The predicted molar refractivity (Wildman–Crippen MR) is 99.9 cm³/mol. The molecule has 24 heavy (non-hydrogen) atoms. The number of rotatable bonds is 5. The smallest absolute Gasteiger partial charge is 0.221 e. The van der Waals surface area contributed by atoms with E-state index in [0.717, 1.165) is 12.2 Å². The van der Waals surface area contributed by atoms with E-state index in [2.05, 4.69) is 60.0 Å². The highest BCUT2D eigenvalue weighted by molar-refractivity contribution is 5.88. The molecule has 3 rings (SSSR count). The number of benzene rings is 3. The van der Waals surface area contributed by atoms with Gasteiger partial charge in [0, 0.05) is 25.2 Å². The van der Waals surface area contributed by atoms with Crippen LogP contribution in [0.5, 0.6) is 0 Å². The van der Waals surface area contributed by atoms with E-state index in [9.17, 15) is 4.79 Å². The van der Waals surface area contributed by atoms with E-state index in [1.54, 1.807) is 0 Å². The quantitative estimate of drug-likeness (QED) is 0.719. The monoisotopic (exact) mass is 318 g/mol. The van der Waals surface area contributed by atoms with Crippen LogP contribution in [-0.4, -0.2) is 5.91 Å². The molecule has 0 saturated carbocycles. The first-order chi connectivity index (χ1) is 11.6. The Morgan fingerprint density at radius 3 is 2.42 bits per heavy atom. The summed E-state index contributed by atoms with van der Waals surface area (Å²) in [6.45, 7) is 4.49. The molecule has 0 aliphatic heterocycles. The molecule has 3 nitrogen and oxygen atoms in total. The number of amides is 1. The molecule has 0 fully saturated rings. The summed E-state index contributed by atoms with van der Waals surface area (Å²) in [4.78, 5) is 11.1. The van der Waals surface area contributed by atoms with Gasteiger partial charge in [0.2, 0.25) is 5.91 Å². The lowest BCUT2D eigenvalue weighted by Gasteiger charge is -2.17. The van der Waals surface area contributed by atoms with Crippen molar-refractivity contribution in [3.8, 4) is 0 Å². The molecule has 0 aliphatic rings. The van der Waals surface area contributed by atoms with Gasteiger partial charge in [-0.3, -0.25) is 4.79 Å². The third-order valence-electron chi connectivity index (χ3n) is 4.18. The van der Waals surface area contributed by atoms with Gasteiger partial charge in [0.25, 0.3) is 0 Å². The van der Waals surface area contributed by atoms with Gasteiger partial charge < -0.3 is 10.6 Å². The van der Waals surface area contributed by atoms with Gasteiger partial charge in [-0.05, 0) is 41.0 Å². The largest absolute Gasteiger partial charge is 0.326 e. The summed E-state index contributed by atoms with van der Waals surface area (Å²) >= 11 is 0. The molecule has 1 amide bonds. The maximum atomic E-state index is 11.1. The minimum atomic E-state index is -0.0505. The summed E-state index contributed by atoms with van der Waals surface area (Å²) in [5.41, 5.74) is 3.33. The Hall–Kier alpha value is -2.65. The minimum absolute atomic E-state index is 0.0505. The maximum absolute atomic E-state index is 11.1. The number of carbonyl (C=O) groups excluding carboxylic acids is 1. The molecule has 3 aromatic carbocycles. The van der Waals surface area contributed by atoms with Gasteiger partial charge >= 0.3 is 0 Å². The van der Waals surface area contributed by atoms with Gasteiger partial charge in [0.15, 0.2) is 0 Å². The SMILES string of the molecule is CC(=O)Nc1ccc(CNC(C)c2cccc3ccccc23)cc1. The van der Waals surface area contributed by atoms with Gasteiger partial charge in [0.1, 0.15) is 0 Å². The van der Waals surface area contributed by atoms with Crippen molar-refractivity contribution >= 4 is 22.4 Å². The fourth-order valence-electron chi connectivity index (χ4n) is 2.92. The summed E-state index contributed by atoms with van der Waals surface area (Å²) in [6.07, 6.45) is 0. The lowest BCUT2D eigenvalue weighted by atomic mass is 9.99. The summed E-state index contributed by atoms with van der Waals surface area (Å²) in [5.74, 6) is -0.0505. The summed E-state index contributed by atoms with van der Waals surface area (Å²) in [6, 6.07) is 23.1. The molecule has 3 heteroatoms. The molecule has 1 unspecified atom stereocenters. The third kappa shape index (κ3) is 3.81. The first-order valence-electron chi connectivity index (χ1n) is 8.21. The first kappa shape index (κ1) is 16.2. The Kier molecular flexibility index (Phi) is 4.92. The van der Waals surface area contributed by atoms with Crippen molar-refractivity contribution in [3.63, 3.8) is 0 Å². The van der Waals surface area contributed by atoms with Gasteiger partial charge in [0.05, 0.1) is 0 Å². The van der Waals surface area contributed by atoms with E-state index in [1.807, 2.05) is 24.3 Å². The van der Waals surface area contributed by atoms with Crippen LogP contribution in [0.2, 0.25) is 0 Å². The predicted octanol–water partition coefficient (Wildman–Crippen LogP) is 4.65. The summed E-state index contributed by atoms with van der Waals surface area (Å²) in [7, 11) is 0. The number of hydrogen-bond donors (Lipinski definition) is 2. The molecule has 0 aliphatic carbocycles. The van der Waals surface area contributed by atoms with Crippen LogP contribution in [0.25, 0.3) is 10.8 Å². The molecular formula is C21H22N2O. The van der Waals surface area contributed by atoms with Gasteiger partial charge in [-0.25, -0.2) is 0 Å². The Morgan fingerprint density at radius 1 is 0.958 bits per heavy atom. The Balaban J connectivity index is 1.68. The van der Waals surface area contributed by atoms with Crippen LogP contribution in [-0.2, 0) is 11.3 Å². The van der Waals surface area contributed by atoms with E-state index in [1.165, 1.54) is 28.8 Å². The highest BCUT2D eigenvalue weighted by atomic mass is 16.1. The zero-order chi connectivity index (χ0) is 16.9. The van der Waals surface area contributed by atoms with Crippen molar-refractivity contribution in [2.45, 2.75) is 26.4 Å². The average molecular weight is 318 g/mol. The highest BCUT2D eigenvalue weighted by Gasteiger charge is 2.08. The standard InChI is InChI=1S/C21H22N2O/c1-15(20-9-5-7-18-6-3-4-8-21(18)20)22-14-17-10-12-19(13-11-17)23-16(2)24/h3-13,15,22H,14H2,1-2H3,(H,23,24). The second-order valence-electron chi connectivity index (χ2n) is 6.05. The number of fused-ring (bicyclic) bond motifs is 1. The fourth-order valence-corrected chi connectivity index (χ4v) is 2.92. The molecule has 2 N–H and O–H groups in total. The van der Waals surface area contributed by atoms with Crippen molar-refractivity contribution in [1.82, 2.24) is 5.32 Å². The van der Waals surface area contributed by atoms with E-state index < -0.39 is 0 Å². The van der Waals surface area contributed by atoms with Crippen molar-refractivity contribution in [2.24, 2.45) is 0 Å². The molecule has 0 radical (unpaired) electrons. The van der Waals surface area contributed by atoms with Gasteiger partial charge in [-0.2, -0.15) is 0 Å². The molecule has 0 saturated heterocycles.